The lowest BCUT2D eigenvalue weighted by atomic mass is 9.98. The van der Waals surface area contributed by atoms with Crippen LogP contribution >= 0.6 is 0 Å². The van der Waals surface area contributed by atoms with Crippen LogP contribution in [0.3, 0.4) is 0 Å². The Labute approximate surface area is 190 Å². The van der Waals surface area contributed by atoms with Crippen molar-refractivity contribution in [3.05, 3.63) is 120 Å². The summed E-state index contributed by atoms with van der Waals surface area (Å²) in [6, 6.07) is 38.3. The minimum atomic E-state index is 0.890. The van der Waals surface area contributed by atoms with E-state index in [0.29, 0.717) is 0 Å². The minimum absolute atomic E-state index is 0.890. The smallest absolute Gasteiger partial charge is 0.135 e. The summed E-state index contributed by atoms with van der Waals surface area (Å²) in [5.41, 5.74) is 8.73. The van der Waals surface area contributed by atoms with Crippen molar-refractivity contribution in [3.63, 3.8) is 0 Å². The fraction of sp³-hybridized carbons (Fsp3) is 0.0323. The van der Waals surface area contributed by atoms with E-state index in [-0.39, 0.29) is 0 Å². The van der Waals surface area contributed by atoms with Crippen molar-refractivity contribution in [2.45, 2.75) is 6.42 Å². The first-order valence-electron chi connectivity index (χ1n) is 11.2. The fourth-order valence-corrected chi connectivity index (χ4v) is 4.84. The van der Waals surface area contributed by atoms with Gasteiger partial charge in [0, 0.05) is 21.5 Å². The van der Waals surface area contributed by atoms with E-state index in [0.717, 1.165) is 39.5 Å². The number of para-hydroxylation sites is 2. The minimum Gasteiger partial charge on any atom is -0.456 e. The number of rotatable bonds is 3. The van der Waals surface area contributed by atoms with E-state index in [4.69, 9.17) is 8.83 Å². The van der Waals surface area contributed by atoms with Crippen molar-refractivity contribution < 1.29 is 8.83 Å². The van der Waals surface area contributed by atoms with Crippen LogP contribution in [0.25, 0.3) is 55.0 Å². The molecule has 2 heteroatoms. The number of fused-ring (bicyclic) bond motifs is 6. The van der Waals surface area contributed by atoms with Gasteiger partial charge in [-0.2, -0.15) is 0 Å². The fourth-order valence-electron chi connectivity index (χ4n) is 4.84. The van der Waals surface area contributed by atoms with Gasteiger partial charge in [-0.05, 0) is 65.1 Å². The molecule has 33 heavy (non-hydrogen) atoms. The van der Waals surface area contributed by atoms with Gasteiger partial charge in [0.1, 0.15) is 22.3 Å². The van der Waals surface area contributed by atoms with E-state index < -0.39 is 0 Å². The molecule has 2 nitrogen and oxygen atoms in total. The second-order valence-corrected chi connectivity index (χ2v) is 8.61. The molecule has 2 heterocycles. The maximum atomic E-state index is 5.97. The van der Waals surface area contributed by atoms with Crippen molar-refractivity contribution in [2.75, 3.05) is 0 Å². The Bertz CT molecular complexity index is 1780. The van der Waals surface area contributed by atoms with Crippen molar-refractivity contribution in [1.29, 1.82) is 0 Å². The summed E-state index contributed by atoms with van der Waals surface area (Å²) in [4.78, 5) is 0. The van der Waals surface area contributed by atoms with Gasteiger partial charge in [-0.15, -0.1) is 0 Å². The summed E-state index contributed by atoms with van der Waals surface area (Å²) in [5.74, 6) is 0. The summed E-state index contributed by atoms with van der Waals surface area (Å²) in [7, 11) is 0. The molecule has 0 atom stereocenters. The molecule has 0 saturated carbocycles. The lowest BCUT2D eigenvalue weighted by molar-refractivity contribution is 0.668. The van der Waals surface area contributed by atoms with Gasteiger partial charge >= 0.3 is 0 Å². The standard InChI is InChI=1S/C31H20O2/c1-3-7-28-24(5-1)26-18-21(11-15-30(26)32-28)17-20-9-12-22(13-10-20)23-14-16-31-27(19-23)25-6-2-4-8-29(25)33-31/h1-16,18-19H,17H2. The van der Waals surface area contributed by atoms with Crippen molar-refractivity contribution >= 4 is 43.9 Å². The highest BCUT2D eigenvalue weighted by molar-refractivity contribution is 6.06. The Morgan fingerprint density at radius 2 is 0.909 bits per heavy atom. The third kappa shape index (κ3) is 3.03. The van der Waals surface area contributed by atoms with Crippen molar-refractivity contribution in [3.8, 4) is 11.1 Å². The lowest BCUT2D eigenvalue weighted by Crippen LogP contribution is -1.88. The van der Waals surface area contributed by atoms with Crippen LogP contribution < -0.4 is 0 Å². The van der Waals surface area contributed by atoms with Crippen molar-refractivity contribution in [2.24, 2.45) is 0 Å². The van der Waals surface area contributed by atoms with Crippen LogP contribution in [0.5, 0.6) is 0 Å². The number of hydrogen-bond donors (Lipinski definition) is 0. The molecule has 5 aromatic carbocycles. The summed E-state index contributed by atoms with van der Waals surface area (Å²) in [6.45, 7) is 0. The van der Waals surface area contributed by atoms with Crippen molar-refractivity contribution in [1.82, 2.24) is 0 Å². The summed E-state index contributed by atoms with van der Waals surface area (Å²) < 4.78 is 11.9. The summed E-state index contributed by atoms with van der Waals surface area (Å²) in [5, 5.41) is 4.67. The number of hydrogen-bond acceptors (Lipinski definition) is 2. The molecule has 0 fully saturated rings. The second kappa shape index (κ2) is 7.11. The van der Waals surface area contributed by atoms with E-state index in [9.17, 15) is 0 Å². The van der Waals surface area contributed by atoms with E-state index in [2.05, 4.69) is 84.9 Å². The Kier molecular flexibility index (Phi) is 3.94. The normalized spacial score (nSPS) is 11.8. The zero-order chi connectivity index (χ0) is 21.8. The Morgan fingerprint density at radius 3 is 1.61 bits per heavy atom. The molecule has 0 bridgehead atoms. The Hall–Kier alpha value is -4.30. The zero-order valence-corrected chi connectivity index (χ0v) is 17.9. The second-order valence-electron chi connectivity index (χ2n) is 8.61. The molecule has 0 aliphatic carbocycles. The monoisotopic (exact) mass is 424 g/mol. The predicted octanol–water partition coefficient (Wildman–Crippen LogP) is 8.74. The predicted molar refractivity (Wildman–Crippen MR) is 136 cm³/mol. The molecule has 0 aliphatic rings. The molecule has 0 radical (unpaired) electrons. The highest BCUT2D eigenvalue weighted by atomic mass is 16.3. The maximum Gasteiger partial charge on any atom is 0.135 e. The van der Waals surface area contributed by atoms with Gasteiger partial charge in [-0.1, -0.05) is 72.8 Å². The van der Waals surface area contributed by atoms with Crippen LogP contribution in [-0.2, 0) is 6.42 Å². The highest BCUT2D eigenvalue weighted by Gasteiger charge is 2.09. The first-order chi connectivity index (χ1) is 16.3. The molecule has 0 spiro atoms. The van der Waals surface area contributed by atoms with Gasteiger partial charge in [-0.25, -0.2) is 0 Å². The van der Waals surface area contributed by atoms with Crippen LogP contribution in [-0.4, -0.2) is 0 Å². The molecule has 0 aliphatic heterocycles. The molecule has 0 unspecified atom stereocenters. The molecule has 7 aromatic rings. The van der Waals surface area contributed by atoms with Crippen LogP contribution in [0.1, 0.15) is 11.1 Å². The molecule has 0 N–H and O–H groups in total. The van der Waals surface area contributed by atoms with Crippen LogP contribution in [0.4, 0.5) is 0 Å². The molecular formula is C31H20O2. The van der Waals surface area contributed by atoms with E-state index in [1.165, 1.54) is 33.0 Å². The maximum absolute atomic E-state index is 5.97. The van der Waals surface area contributed by atoms with Gasteiger partial charge in [0.15, 0.2) is 0 Å². The van der Waals surface area contributed by atoms with Crippen LogP contribution in [0, 0.1) is 0 Å². The van der Waals surface area contributed by atoms with Crippen LogP contribution in [0.2, 0.25) is 0 Å². The highest BCUT2D eigenvalue weighted by Crippen LogP contribution is 2.33. The molecule has 0 saturated heterocycles. The van der Waals surface area contributed by atoms with Gasteiger partial charge < -0.3 is 8.83 Å². The van der Waals surface area contributed by atoms with E-state index in [1.807, 2.05) is 24.3 Å². The quantitative estimate of drug-likeness (QED) is 0.283. The SMILES string of the molecule is c1ccc2c(c1)oc1ccc(Cc3ccc(-c4ccc5oc6ccccc6c5c4)cc3)cc12. The number of furan rings is 2. The third-order valence-electron chi connectivity index (χ3n) is 6.51. The topological polar surface area (TPSA) is 26.3 Å². The molecule has 2 aromatic heterocycles. The van der Waals surface area contributed by atoms with Crippen LogP contribution in [0.15, 0.2) is 118 Å². The number of benzene rings is 5. The average molecular weight is 424 g/mol. The van der Waals surface area contributed by atoms with Gasteiger partial charge in [0.25, 0.3) is 0 Å². The zero-order valence-electron chi connectivity index (χ0n) is 17.9. The average Bonchev–Trinajstić information content (AvgIpc) is 3.42. The first kappa shape index (κ1) is 18.3. The molecule has 0 amide bonds. The summed E-state index contributed by atoms with van der Waals surface area (Å²) in [6.07, 6.45) is 0.890. The Morgan fingerprint density at radius 1 is 0.394 bits per heavy atom. The van der Waals surface area contributed by atoms with Gasteiger partial charge in [0.2, 0.25) is 0 Å². The molecule has 7 rings (SSSR count). The molecular weight excluding hydrogens is 404 g/mol. The van der Waals surface area contributed by atoms with E-state index >= 15 is 0 Å². The first-order valence-corrected chi connectivity index (χ1v) is 11.2. The third-order valence-corrected chi connectivity index (χ3v) is 6.51. The lowest BCUT2D eigenvalue weighted by Gasteiger charge is -2.06. The van der Waals surface area contributed by atoms with Gasteiger partial charge in [-0.3, -0.25) is 0 Å². The largest absolute Gasteiger partial charge is 0.456 e. The molecule has 156 valence electrons. The summed E-state index contributed by atoms with van der Waals surface area (Å²) >= 11 is 0. The Balaban J connectivity index is 1.21. The van der Waals surface area contributed by atoms with E-state index in [1.54, 1.807) is 0 Å². The van der Waals surface area contributed by atoms with Gasteiger partial charge in [0.05, 0.1) is 0 Å².